The minimum Gasteiger partial charge on any atom is -0.496 e. The van der Waals surface area contributed by atoms with Gasteiger partial charge in [0.05, 0.1) is 20.3 Å². The number of nitrogens with one attached hydrogen (secondary N) is 1. The van der Waals surface area contributed by atoms with Gasteiger partial charge in [0.2, 0.25) is 0 Å². The maximum atomic E-state index is 13.4. The Labute approximate surface area is 202 Å². The number of carboxylic acid groups (broad SMARTS) is 1. The first-order chi connectivity index (χ1) is 16.3. The number of benzene rings is 2. The number of hydrogen-bond donors (Lipinski definition) is 2. The van der Waals surface area contributed by atoms with Crippen LogP contribution in [0.15, 0.2) is 42.5 Å². The van der Waals surface area contributed by atoms with E-state index < -0.39 is 11.5 Å². The molecule has 0 saturated heterocycles. The molecule has 1 aliphatic rings. The van der Waals surface area contributed by atoms with Crippen molar-refractivity contribution in [1.82, 2.24) is 10.2 Å². The van der Waals surface area contributed by atoms with Crippen molar-refractivity contribution in [2.75, 3.05) is 20.8 Å². The molecule has 0 spiro atoms. The molecular formula is C27H36N2O5. The van der Waals surface area contributed by atoms with Gasteiger partial charge in [-0.15, -0.1) is 0 Å². The summed E-state index contributed by atoms with van der Waals surface area (Å²) in [6.07, 6.45) is 4.35. The van der Waals surface area contributed by atoms with Crippen LogP contribution in [0.1, 0.15) is 61.8 Å². The normalized spacial score (nSPS) is 15.1. The van der Waals surface area contributed by atoms with Gasteiger partial charge in [-0.05, 0) is 75.6 Å². The van der Waals surface area contributed by atoms with Crippen molar-refractivity contribution in [3.05, 3.63) is 59.2 Å². The van der Waals surface area contributed by atoms with Crippen LogP contribution in [0.5, 0.6) is 11.5 Å². The maximum absolute atomic E-state index is 13.4. The van der Waals surface area contributed by atoms with Gasteiger partial charge in [-0.1, -0.05) is 30.3 Å². The molecule has 1 unspecified atom stereocenters. The van der Waals surface area contributed by atoms with E-state index in [0.717, 1.165) is 36.8 Å². The van der Waals surface area contributed by atoms with E-state index in [9.17, 15) is 14.7 Å². The molecule has 0 aromatic heterocycles. The molecule has 1 atom stereocenters. The molecule has 3 rings (SSSR count). The molecule has 2 amide bonds. The predicted octanol–water partition coefficient (Wildman–Crippen LogP) is 5.12. The number of rotatable bonds is 11. The molecule has 1 fully saturated rings. The number of aryl methyl sites for hydroxylation is 1. The number of nitrogens with zero attached hydrogens (tertiary/aromatic N) is 1. The fourth-order valence-corrected chi connectivity index (χ4v) is 4.45. The summed E-state index contributed by atoms with van der Waals surface area (Å²) >= 11 is 0. The Morgan fingerprint density at radius 1 is 1.09 bits per heavy atom. The molecule has 0 bridgehead atoms. The molecule has 0 heterocycles. The summed E-state index contributed by atoms with van der Waals surface area (Å²) in [5.41, 5.74) is 1.86. The third-order valence-corrected chi connectivity index (χ3v) is 6.91. The van der Waals surface area contributed by atoms with E-state index in [1.165, 1.54) is 5.56 Å². The highest BCUT2D eigenvalue weighted by atomic mass is 16.5. The molecular weight excluding hydrogens is 432 g/mol. The standard InChI is InChI=1S/C27H36N2O5/c1-19-23(33-3)17-22(18-24(19)34-4)20(2)29(16-9-8-13-21-11-6-5-7-12-21)26(32)28-27(25(30)31)14-10-15-27/h5-7,11-12,17-18,20H,8-10,13-16H2,1-4H3,(H,28,32)(H,30,31). The van der Waals surface area contributed by atoms with E-state index >= 15 is 0 Å². The van der Waals surface area contributed by atoms with Crippen molar-refractivity contribution in [2.45, 2.75) is 64.0 Å². The van der Waals surface area contributed by atoms with Gasteiger partial charge in [0, 0.05) is 12.1 Å². The van der Waals surface area contributed by atoms with Crippen LogP contribution >= 0.6 is 0 Å². The van der Waals surface area contributed by atoms with Crippen LogP contribution in [0.2, 0.25) is 0 Å². The molecule has 34 heavy (non-hydrogen) atoms. The van der Waals surface area contributed by atoms with Crippen molar-refractivity contribution in [1.29, 1.82) is 0 Å². The number of aliphatic carboxylic acids is 1. The molecule has 2 aromatic carbocycles. The summed E-state index contributed by atoms with van der Waals surface area (Å²) < 4.78 is 11.1. The molecule has 184 valence electrons. The van der Waals surface area contributed by atoms with Gasteiger partial charge in [0.25, 0.3) is 0 Å². The average Bonchev–Trinajstić information content (AvgIpc) is 2.81. The van der Waals surface area contributed by atoms with Crippen LogP contribution in [-0.2, 0) is 11.2 Å². The largest absolute Gasteiger partial charge is 0.496 e. The van der Waals surface area contributed by atoms with E-state index in [1.54, 1.807) is 19.1 Å². The van der Waals surface area contributed by atoms with Gasteiger partial charge in [-0.2, -0.15) is 0 Å². The number of hydrogen-bond acceptors (Lipinski definition) is 4. The molecule has 2 aromatic rings. The van der Waals surface area contributed by atoms with Crippen molar-refractivity contribution in [3.8, 4) is 11.5 Å². The topological polar surface area (TPSA) is 88.1 Å². The molecule has 0 aliphatic heterocycles. The lowest BCUT2D eigenvalue weighted by molar-refractivity contribution is -0.148. The first-order valence-corrected chi connectivity index (χ1v) is 11.9. The number of amides is 2. The number of ether oxygens (including phenoxy) is 2. The monoisotopic (exact) mass is 468 g/mol. The summed E-state index contributed by atoms with van der Waals surface area (Å²) in [6.45, 7) is 4.38. The molecule has 0 radical (unpaired) electrons. The van der Waals surface area contributed by atoms with Crippen molar-refractivity contribution in [2.24, 2.45) is 0 Å². The summed E-state index contributed by atoms with van der Waals surface area (Å²) in [6, 6.07) is 13.4. The zero-order valence-electron chi connectivity index (χ0n) is 20.6. The summed E-state index contributed by atoms with van der Waals surface area (Å²) in [4.78, 5) is 27.0. The van der Waals surface area contributed by atoms with Gasteiger partial charge in [0.15, 0.2) is 0 Å². The maximum Gasteiger partial charge on any atom is 0.329 e. The lowest BCUT2D eigenvalue weighted by Crippen LogP contribution is -2.61. The fourth-order valence-electron chi connectivity index (χ4n) is 4.45. The Morgan fingerprint density at radius 2 is 1.71 bits per heavy atom. The molecule has 1 saturated carbocycles. The van der Waals surface area contributed by atoms with Crippen LogP contribution in [-0.4, -0.2) is 48.3 Å². The van der Waals surface area contributed by atoms with Crippen LogP contribution in [0.4, 0.5) is 4.79 Å². The second-order valence-corrected chi connectivity index (χ2v) is 9.03. The molecule has 1 aliphatic carbocycles. The first-order valence-electron chi connectivity index (χ1n) is 11.9. The second-order valence-electron chi connectivity index (χ2n) is 9.03. The minimum absolute atomic E-state index is 0.300. The summed E-state index contributed by atoms with van der Waals surface area (Å²) in [7, 11) is 3.22. The highest BCUT2D eigenvalue weighted by Gasteiger charge is 2.46. The first kappa shape index (κ1) is 25.4. The smallest absolute Gasteiger partial charge is 0.329 e. The SMILES string of the molecule is COc1cc(C(C)N(CCCCc2ccccc2)C(=O)NC2(C(=O)O)CCC2)cc(OC)c1C. The fraction of sp³-hybridized carbons (Fsp3) is 0.481. The number of carbonyl (C=O) groups excluding carboxylic acids is 1. The van der Waals surface area contributed by atoms with Crippen molar-refractivity contribution in [3.63, 3.8) is 0 Å². The zero-order valence-corrected chi connectivity index (χ0v) is 20.6. The zero-order chi connectivity index (χ0) is 24.7. The van der Waals surface area contributed by atoms with E-state index in [-0.39, 0.29) is 12.1 Å². The average molecular weight is 469 g/mol. The lowest BCUT2D eigenvalue weighted by atomic mass is 9.77. The quantitative estimate of drug-likeness (QED) is 0.447. The van der Waals surface area contributed by atoms with Crippen LogP contribution in [0, 0.1) is 6.92 Å². The van der Waals surface area contributed by atoms with Crippen LogP contribution < -0.4 is 14.8 Å². The number of urea groups is 1. The number of carbonyl (C=O) groups is 2. The molecule has 7 heteroatoms. The third-order valence-electron chi connectivity index (χ3n) is 6.91. The number of methoxy groups -OCH3 is 2. The van der Waals surface area contributed by atoms with Gasteiger partial charge in [0.1, 0.15) is 17.0 Å². The van der Waals surface area contributed by atoms with E-state index in [1.807, 2.05) is 44.2 Å². The van der Waals surface area contributed by atoms with Crippen LogP contribution in [0.25, 0.3) is 0 Å². The van der Waals surface area contributed by atoms with Gasteiger partial charge < -0.3 is 24.8 Å². The van der Waals surface area contributed by atoms with Gasteiger partial charge >= 0.3 is 12.0 Å². The third kappa shape index (κ3) is 5.64. The van der Waals surface area contributed by atoms with E-state index in [4.69, 9.17) is 9.47 Å². The molecule has 2 N–H and O–H groups in total. The van der Waals surface area contributed by atoms with Crippen LogP contribution in [0.3, 0.4) is 0 Å². The summed E-state index contributed by atoms with van der Waals surface area (Å²) in [5, 5.41) is 12.5. The second kappa shape index (κ2) is 11.3. The Morgan fingerprint density at radius 3 is 2.21 bits per heavy atom. The Hall–Kier alpha value is -3.22. The number of unbranched alkanes of at least 4 members (excludes halogenated alkanes) is 1. The minimum atomic E-state index is -1.16. The van der Waals surface area contributed by atoms with Crippen molar-refractivity contribution >= 4 is 12.0 Å². The summed E-state index contributed by atoms with van der Waals surface area (Å²) in [5.74, 6) is 0.403. The Bertz CT molecular complexity index is 963. The Balaban J connectivity index is 1.80. The van der Waals surface area contributed by atoms with E-state index in [0.29, 0.717) is 30.9 Å². The van der Waals surface area contributed by atoms with E-state index in [2.05, 4.69) is 17.4 Å². The Kier molecular flexibility index (Phi) is 8.42. The predicted molar refractivity (Wildman–Crippen MR) is 132 cm³/mol. The highest BCUT2D eigenvalue weighted by molar-refractivity contribution is 5.87. The molecule has 7 nitrogen and oxygen atoms in total. The van der Waals surface area contributed by atoms with Gasteiger partial charge in [-0.3, -0.25) is 0 Å². The highest BCUT2D eigenvalue weighted by Crippen LogP contribution is 2.35. The number of carboxylic acids is 1. The van der Waals surface area contributed by atoms with Crippen molar-refractivity contribution < 1.29 is 24.2 Å². The lowest BCUT2D eigenvalue weighted by Gasteiger charge is -2.41. The van der Waals surface area contributed by atoms with Gasteiger partial charge in [-0.25, -0.2) is 9.59 Å².